The first-order valence-electron chi connectivity index (χ1n) is 3.58. The molecule has 1 aromatic rings. The molecule has 1 rings (SSSR count). The predicted octanol–water partition coefficient (Wildman–Crippen LogP) is 0.431. The van der Waals surface area contributed by atoms with Gasteiger partial charge in [0.15, 0.2) is 0 Å². The second-order valence-corrected chi connectivity index (χ2v) is 2.62. The number of pyridine rings is 1. The molecule has 7 heteroatoms. The number of nitrogens with zero attached hydrogens (tertiary/aromatic N) is 1. The van der Waals surface area contributed by atoms with Crippen LogP contribution in [0, 0.1) is 6.92 Å². The van der Waals surface area contributed by atoms with Crippen LogP contribution in [0.4, 0.5) is 0 Å². The van der Waals surface area contributed by atoms with E-state index in [1.54, 1.807) is 6.92 Å². The van der Waals surface area contributed by atoms with Crippen LogP contribution in [0.5, 0.6) is 0 Å². The Kier molecular flexibility index (Phi) is 6.67. The maximum absolute atomic E-state index is 10.7. The van der Waals surface area contributed by atoms with Crippen LogP contribution in [-0.4, -0.2) is 16.8 Å². The van der Waals surface area contributed by atoms with Gasteiger partial charge in [-0.15, -0.1) is 24.8 Å². The fourth-order valence-electron chi connectivity index (χ4n) is 0.967. The highest BCUT2D eigenvalue weighted by Gasteiger charge is 2.08. The van der Waals surface area contributed by atoms with E-state index in [4.69, 9.17) is 11.5 Å². The van der Waals surface area contributed by atoms with E-state index in [-0.39, 0.29) is 36.1 Å². The number of hydrogen-bond acceptors (Lipinski definition) is 3. The summed E-state index contributed by atoms with van der Waals surface area (Å²) < 4.78 is 0. The lowest BCUT2D eigenvalue weighted by molar-refractivity contribution is 0.0983. The predicted molar refractivity (Wildman–Crippen MR) is 60.5 cm³/mol. The second kappa shape index (κ2) is 6.21. The average Bonchev–Trinajstić information content (AvgIpc) is 2.03. The molecule has 0 spiro atoms. The number of hydrogen-bond donors (Lipinski definition) is 2. The summed E-state index contributed by atoms with van der Waals surface area (Å²) >= 11 is 0. The van der Waals surface area contributed by atoms with E-state index < -0.39 is 11.8 Å². The van der Waals surface area contributed by atoms with Crippen molar-refractivity contribution in [1.29, 1.82) is 0 Å². The fraction of sp³-hybridized carbons (Fsp3) is 0.125. The molecule has 0 saturated carbocycles. The second-order valence-electron chi connectivity index (χ2n) is 2.62. The Balaban J connectivity index is 0. The van der Waals surface area contributed by atoms with Crippen molar-refractivity contribution in [2.45, 2.75) is 6.92 Å². The molecule has 1 heterocycles. The Morgan fingerprint density at radius 2 is 1.73 bits per heavy atom. The number of primary amides is 2. The van der Waals surface area contributed by atoms with Crippen LogP contribution in [0.25, 0.3) is 0 Å². The van der Waals surface area contributed by atoms with E-state index in [1.807, 2.05) is 0 Å². The highest BCUT2D eigenvalue weighted by atomic mass is 35.5. The number of aromatic nitrogens is 1. The zero-order valence-electron chi connectivity index (χ0n) is 7.89. The molecule has 0 atom stereocenters. The molecule has 0 aliphatic heterocycles. The van der Waals surface area contributed by atoms with Gasteiger partial charge in [0.1, 0.15) is 5.69 Å². The van der Waals surface area contributed by atoms with Crippen molar-refractivity contribution in [3.05, 3.63) is 29.1 Å². The minimum atomic E-state index is -0.617. The summed E-state index contributed by atoms with van der Waals surface area (Å²) in [6.07, 6.45) is 1.23. The number of carbonyl (C=O) groups excluding carboxylic acids is 2. The van der Waals surface area contributed by atoms with E-state index >= 15 is 0 Å². The van der Waals surface area contributed by atoms with E-state index in [0.29, 0.717) is 5.56 Å². The summed E-state index contributed by atoms with van der Waals surface area (Å²) in [5.74, 6) is -1.19. The fourth-order valence-corrected chi connectivity index (χ4v) is 0.967. The molecule has 0 aliphatic rings. The van der Waals surface area contributed by atoms with Crippen molar-refractivity contribution in [3.8, 4) is 0 Å². The summed E-state index contributed by atoms with van der Waals surface area (Å²) in [5.41, 5.74) is 11.0. The van der Waals surface area contributed by atoms with E-state index in [0.717, 1.165) is 0 Å². The molecule has 0 aromatic carbocycles. The van der Waals surface area contributed by atoms with Crippen molar-refractivity contribution in [2.75, 3.05) is 0 Å². The van der Waals surface area contributed by atoms with Crippen molar-refractivity contribution in [1.82, 2.24) is 4.98 Å². The molecule has 0 bridgehead atoms. The summed E-state index contributed by atoms with van der Waals surface area (Å²) in [4.78, 5) is 25.2. The molecule has 0 unspecified atom stereocenters. The smallest absolute Gasteiger partial charge is 0.267 e. The molecule has 0 aliphatic carbocycles. The standard InChI is InChI=1S/C8H9N3O2.2ClH/c1-4-2-5(7(9)12)3-11-6(4)8(10)13;;/h2-3H,1H3,(H2,9,12)(H2,10,13);2*1H. The zero-order chi connectivity index (χ0) is 10.0. The number of carbonyl (C=O) groups is 2. The molecule has 4 N–H and O–H groups in total. The Bertz CT molecular complexity index is 382. The normalized spacial score (nSPS) is 8.33. The maximum Gasteiger partial charge on any atom is 0.267 e. The molecule has 0 radical (unpaired) electrons. The third-order valence-electron chi connectivity index (χ3n) is 1.60. The average molecular weight is 252 g/mol. The number of aryl methyl sites for hydroxylation is 1. The molecule has 2 amide bonds. The lowest BCUT2D eigenvalue weighted by Crippen LogP contribution is -2.17. The van der Waals surface area contributed by atoms with Gasteiger partial charge in [0.25, 0.3) is 5.91 Å². The highest BCUT2D eigenvalue weighted by molar-refractivity contribution is 5.95. The summed E-state index contributed by atoms with van der Waals surface area (Å²) in [7, 11) is 0. The third-order valence-corrected chi connectivity index (χ3v) is 1.60. The Labute approximate surface area is 99.1 Å². The first-order chi connectivity index (χ1) is 6.02. The number of nitrogens with two attached hydrogens (primary N) is 2. The minimum Gasteiger partial charge on any atom is -0.366 e. The summed E-state index contributed by atoms with van der Waals surface area (Å²) in [6.45, 7) is 1.64. The van der Waals surface area contributed by atoms with Crippen molar-refractivity contribution in [2.24, 2.45) is 11.5 Å². The van der Waals surface area contributed by atoms with Gasteiger partial charge in [-0.25, -0.2) is 4.98 Å². The van der Waals surface area contributed by atoms with Crippen molar-refractivity contribution >= 4 is 36.6 Å². The number of amides is 2. The number of rotatable bonds is 2. The lowest BCUT2D eigenvalue weighted by atomic mass is 10.1. The first-order valence-corrected chi connectivity index (χ1v) is 3.58. The molecule has 84 valence electrons. The maximum atomic E-state index is 10.7. The number of halogens is 2. The first kappa shape index (κ1) is 16.1. The molecule has 0 fully saturated rings. The monoisotopic (exact) mass is 251 g/mol. The lowest BCUT2D eigenvalue weighted by Gasteiger charge is -2.01. The van der Waals surface area contributed by atoms with Gasteiger partial charge in [0.05, 0.1) is 5.56 Å². The van der Waals surface area contributed by atoms with Crippen LogP contribution in [-0.2, 0) is 0 Å². The van der Waals surface area contributed by atoms with Crippen LogP contribution in [0.15, 0.2) is 12.3 Å². The van der Waals surface area contributed by atoms with Gasteiger partial charge < -0.3 is 11.5 Å². The van der Waals surface area contributed by atoms with Crippen LogP contribution in [0.1, 0.15) is 26.4 Å². The van der Waals surface area contributed by atoms with Crippen LogP contribution >= 0.6 is 24.8 Å². The van der Waals surface area contributed by atoms with Gasteiger partial charge in [-0.1, -0.05) is 0 Å². The topological polar surface area (TPSA) is 99.1 Å². The third kappa shape index (κ3) is 3.73. The van der Waals surface area contributed by atoms with Gasteiger partial charge in [-0.3, -0.25) is 9.59 Å². The van der Waals surface area contributed by atoms with Crippen LogP contribution in [0.3, 0.4) is 0 Å². The Hall–Kier alpha value is -1.33. The zero-order valence-corrected chi connectivity index (χ0v) is 9.52. The van der Waals surface area contributed by atoms with Gasteiger partial charge in [-0.2, -0.15) is 0 Å². The van der Waals surface area contributed by atoms with E-state index in [9.17, 15) is 9.59 Å². The van der Waals surface area contributed by atoms with Crippen LogP contribution in [0.2, 0.25) is 0 Å². The largest absolute Gasteiger partial charge is 0.366 e. The molecule has 5 nitrogen and oxygen atoms in total. The molecule has 15 heavy (non-hydrogen) atoms. The summed E-state index contributed by atoms with van der Waals surface area (Å²) in [6, 6.07) is 1.48. The highest BCUT2D eigenvalue weighted by Crippen LogP contribution is 2.06. The van der Waals surface area contributed by atoms with Gasteiger partial charge >= 0.3 is 0 Å². The van der Waals surface area contributed by atoms with Gasteiger partial charge in [-0.05, 0) is 18.6 Å². The molecular formula is C8H11Cl2N3O2. The summed E-state index contributed by atoms with van der Waals surface area (Å²) in [5, 5.41) is 0. The Morgan fingerprint density at radius 3 is 2.07 bits per heavy atom. The molecular weight excluding hydrogens is 241 g/mol. The minimum absolute atomic E-state index is 0. The van der Waals surface area contributed by atoms with Gasteiger partial charge in [0.2, 0.25) is 5.91 Å². The quantitative estimate of drug-likeness (QED) is 0.798. The Morgan fingerprint density at radius 1 is 1.20 bits per heavy atom. The molecule has 1 aromatic heterocycles. The van der Waals surface area contributed by atoms with Gasteiger partial charge in [0, 0.05) is 6.20 Å². The SMILES string of the molecule is Cc1cc(C(N)=O)cnc1C(N)=O.Cl.Cl. The van der Waals surface area contributed by atoms with E-state index in [2.05, 4.69) is 4.98 Å². The van der Waals surface area contributed by atoms with Crippen LogP contribution < -0.4 is 11.5 Å². The van der Waals surface area contributed by atoms with E-state index in [1.165, 1.54) is 12.3 Å². The molecule has 0 saturated heterocycles. The van der Waals surface area contributed by atoms with Crippen molar-refractivity contribution < 1.29 is 9.59 Å². The van der Waals surface area contributed by atoms with Crippen molar-refractivity contribution in [3.63, 3.8) is 0 Å².